The lowest BCUT2D eigenvalue weighted by Crippen LogP contribution is -2.44. The highest BCUT2D eigenvalue weighted by molar-refractivity contribution is 6.12. The number of anilines is 1. The van der Waals surface area contributed by atoms with Gasteiger partial charge < -0.3 is 9.84 Å². The first-order valence-corrected chi connectivity index (χ1v) is 8.85. The van der Waals surface area contributed by atoms with Crippen LogP contribution in [0.4, 0.5) is 11.4 Å². The summed E-state index contributed by atoms with van der Waals surface area (Å²) in [5.74, 6) is -2.29. The van der Waals surface area contributed by atoms with Crippen molar-refractivity contribution in [3.63, 3.8) is 0 Å². The van der Waals surface area contributed by atoms with E-state index >= 15 is 0 Å². The van der Waals surface area contributed by atoms with Crippen molar-refractivity contribution in [3.05, 3.63) is 69.8 Å². The number of Topliss-reactive ketones (excluding diaryl/α,β-unsaturated/α-hetero) is 1. The van der Waals surface area contributed by atoms with Crippen molar-refractivity contribution in [3.8, 4) is 0 Å². The van der Waals surface area contributed by atoms with Crippen LogP contribution in [0.5, 0.6) is 0 Å². The minimum atomic E-state index is -2.25. The number of nitro groups is 1. The summed E-state index contributed by atoms with van der Waals surface area (Å²) in [4.78, 5) is 49.2. The van der Waals surface area contributed by atoms with Crippen molar-refractivity contribution >= 4 is 29.0 Å². The molecule has 0 bridgehead atoms. The number of rotatable bonds is 7. The molecular weight excluding hydrogens is 380 g/mol. The molecule has 29 heavy (non-hydrogen) atoms. The molecule has 0 aliphatic carbocycles. The molecule has 1 aliphatic heterocycles. The fourth-order valence-corrected chi connectivity index (χ4v) is 3.37. The van der Waals surface area contributed by atoms with Gasteiger partial charge in [-0.25, -0.2) is 0 Å². The van der Waals surface area contributed by atoms with Gasteiger partial charge in [-0.05, 0) is 19.1 Å². The number of ether oxygens (including phenoxy) is 1. The first-order valence-electron chi connectivity index (χ1n) is 8.85. The number of carbonyl (C=O) groups is 3. The molecule has 2 aromatic rings. The summed E-state index contributed by atoms with van der Waals surface area (Å²) in [6.07, 6.45) is -0.701. The Hall–Kier alpha value is -3.59. The Morgan fingerprint density at radius 3 is 2.52 bits per heavy atom. The van der Waals surface area contributed by atoms with E-state index in [2.05, 4.69) is 0 Å². The fraction of sp³-hybridized carbons (Fsp3) is 0.250. The van der Waals surface area contributed by atoms with Crippen LogP contribution in [-0.4, -0.2) is 40.8 Å². The molecule has 150 valence electrons. The maximum absolute atomic E-state index is 13.0. The minimum Gasteiger partial charge on any atom is -0.465 e. The second kappa shape index (κ2) is 7.80. The van der Waals surface area contributed by atoms with Crippen LogP contribution in [-0.2, 0) is 19.9 Å². The number of amides is 1. The molecule has 1 atom stereocenters. The van der Waals surface area contributed by atoms with Crippen molar-refractivity contribution < 1.29 is 29.2 Å². The SMILES string of the molecule is CCOC(=O)CN1C(=O)[C@@](O)(CC(=O)c2ccccc2[N+](=O)[O-])c2ccccc21. The number of benzene rings is 2. The molecule has 9 nitrogen and oxygen atoms in total. The van der Waals surface area contributed by atoms with Gasteiger partial charge in [-0.2, -0.15) is 0 Å². The van der Waals surface area contributed by atoms with Gasteiger partial charge in [0.25, 0.3) is 11.6 Å². The first-order chi connectivity index (χ1) is 13.8. The lowest BCUT2D eigenvalue weighted by molar-refractivity contribution is -0.385. The number of carbonyl (C=O) groups excluding carboxylic acids is 3. The Bertz CT molecular complexity index is 1000. The summed E-state index contributed by atoms with van der Waals surface area (Å²) >= 11 is 0. The van der Waals surface area contributed by atoms with E-state index in [1.165, 1.54) is 30.3 Å². The molecule has 0 saturated heterocycles. The number of hydrogen-bond acceptors (Lipinski definition) is 7. The van der Waals surface area contributed by atoms with E-state index in [0.29, 0.717) is 0 Å². The zero-order valence-corrected chi connectivity index (χ0v) is 15.5. The quantitative estimate of drug-likeness (QED) is 0.327. The minimum absolute atomic E-state index is 0.128. The Labute approximate surface area is 165 Å². The second-order valence-corrected chi connectivity index (χ2v) is 6.45. The topological polar surface area (TPSA) is 127 Å². The molecule has 0 radical (unpaired) electrons. The number of aliphatic hydroxyl groups is 1. The smallest absolute Gasteiger partial charge is 0.326 e. The molecule has 0 aromatic heterocycles. The largest absolute Gasteiger partial charge is 0.465 e. The Morgan fingerprint density at radius 1 is 1.17 bits per heavy atom. The van der Waals surface area contributed by atoms with Crippen molar-refractivity contribution in [1.29, 1.82) is 0 Å². The van der Waals surface area contributed by atoms with Gasteiger partial charge in [0.15, 0.2) is 11.4 Å². The zero-order chi connectivity index (χ0) is 21.2. The third-order valence-electron chi connectivity index (χ3n) is 4.65. The average Bonchev–Trinajstić information content (AvgIpc) is 2.90. The number of esters is 1. The highest BCUT2D eigenvalue weighted by Crippen LogP contribution is 2.43. The summed E-state index contributed by atoms with van der Waals surface area (Å²) in [6.45, 7) is 1.33. The van der Waals surface area contributed by atoms with Gasteiger partial charge in [0, 0.05) is 11.6 Å². The maximum atomic E-state index is 13.0. The van der Waals surface area contributed by atoms with Crippen molar-refractivity contribution in [2.45, 2.75) is 18.9 Å². The number of fused-ring (bicyclic) bond motifs is 1. The van der Waals surface area contributed by atoms with Gasteiger partial charge in [-0.3, -0.25) is 29.4 Å². The summed E-state index contributed by atoms with van der Waals surface area (Å²) in [5.41, 5.74) is -2.43. The van der Waals surface area contributed by atoms with Gasteiger partial charge in [0.2, 0.25) is 0 Å². The Morgan fingerprint density at radius 2 is 1.83 bits per heavy atom. The third kappa shape index (κ3) is 3.59. The molecule has 0 fully saturated rings. The van der Waals surface area contributed by atoms with Crippen molar-refractivity contribution in [2.24, 2.45) is 0 Å². The van der Waals surface area contributed by atoms with Crippen LogP contribution in [0.15, 0.2) is 48.5 Å². The number of hydrogen-bond donors (Lipinski definition) is 1. The molecule has 9 heteroatoms. The van der Waals surface area contributed by atoms with Crippen LogP contribution in [0.25, 0.3) is 0 Å². The van der Waals surface area contributed by atoms with Crippen LogP contribution < -0.4 is 4.90 Å². The highest BCUT2D eigenvalue weighted by Gasteiger charge is 2.51. The highest BCUT2D eigenvalue weighted by atomic mass is 16.6. The molecular formula is C20H18N2O7. The van der Waals surface area contributed by atoms with E-state index in [4.69, 9.17) is 4.74 Å². The molecule has 0 spiro atoms. The van der Waals surface area contributed by atoms with E-state index in [9.17, 15) is 29.6 Å². The molecule has 0 unspecified atom stereocenters. The fourth-order valence-electron chi connectivity index (χ4n) is 3.37. The molecule has 0 saturated carbocycles. The van der Waals surface area contributed by atoms with E-state index in [1.807, 2.05) is 0 Å². The lowest BCUT2D eigenvalue weighted by Gasteiger charge is -2.22. The summed E-state index contributed by atoms with van der Waals surface area (Å²) in [6, 6.07) is 11.5. The Balaban J connectivity index is 1.97. The van der Waals surface area contributed by atoms with Crippen molar-refractivity contribution in [1.82, 2.24) is 0 Å². The second-order valence-electron chi connectivity index (χ2n) is 6.45. The van der Waals surface area contributed by atoms with Crippen LogP contribution in [0.1, 0.15) is 29.3 Å². The number of nitrogens with zero attached hydrogens (tertiary/aromatic N) is 2. The van der Waals surface area contributed by atoms with Crippen LogP contribution in [0.2, 0.25) is 0 Å². The molecule has 3 rings (SSSR count). The van der Waals surface area contributed by atoms with Gasteiger partial charge in [-0.15, -0.1) is 0 Å². The maximum Gasteiger partial charge on any atom is 0.326 e. The van der Waals surface area contributed by atoms with E-state index in [1.54, 1.807) is 25.1 Å². The Kier molecular flexibility index (Phi) is 5.42. The van der Waals surface area contributed by atoms with Gasteiger partial charge in [0.1, 0.15) is 6.54 Å². The predicted octanol–water partition coefficient (Wildman–Crippen LogP) is 1.97. The standard InChI is InChI=1S/C20H18N2O7/c1-2-29-18(24)12-21-16-10-6-4-8-14(16)20(26,19(21)25)11-17(23)13-7-3-5-9-15(13)22(27)28/h3-10,26H,2,11-12H2,1H3/t20-/m1/s1. The molecule has 2 aromatic carbocycles. The third-order valence-corrected chi connectivity index (χ3v) is 4.65. The van der Waals surface area contributed by atoms with Gasteiger partial charge >= 0.3 is 5.97 Å². The lowest BCUT2D eigenvalue weighted by atomic mass is 9.88. The molecule has 1 heterocycles. The van der Waals surface area contributed by atoms with E-state index in [0.717, 1.165) is 4.90 Å². The van der Waals surface area contributed by atoms with Gasteiger partial charge in [-0.1, -0.05) is 30.3 Å². The number of ketones is 1. The molecule has 1 aliphatic rings. The number of para-hydroxylation sites is 2. The zero-order valence-electron chi connectivity index (χ0n) is 15.5. The van der Waals surface area contributed by atoms with E-state index < -0.39 is 46.8 Å². The van der Waals surface area contributed by atoms with Gasteiger partial charge in [0.05, 0.1) is 29.2 Å². The van der Waals surface area contributed by atoms with Crippen LogP contribution in [0.3, 0.4) is 0 Å². The monoisotopic (exact) mass is 398 g/mol. The van der Waals surface area contributed by atoms with Crippen LogP contribution >= 0.6 is 0 Å². The molecule has 1 amide bonds. The molecule has 1 N–H and O–H groups in total. The van der Waals surface area contributed by atoms with Crippen LogP contribution in [0, 0.1) is 10.1 Å². The summed E-state index contributed by atoms with van der Waals surface area (Å²) in [5, 5.41) is 22.4. The first kappa shape index (κ1) is 20.2. The normalized spacial score (nSPS) is 17.7. The van der Waals surface area contributed by atoms with E-state index in [-0.39, 0.29) is 23.4 Å². The number of nitro benzene ring substituents is 1. The predicted molar refractivity (Wildman–Crippen MR) is 101 cm³/mol. The average molecular weight is 398 g/mol. The summed E-state index contributed by atoms with van der Waals surface area (Å²) < 4.78 is 4.87. The van der Waals surface area contributed by atoms with Crippen molar-refractivity contribution in [2.75, 3.05) is 18.1 Å². The summed E-state index contributed by atoms with van der Waals surface area (Å²) in [7, 11) is 0.